The number of nitrogens with one attached hydrogen (secondary N) is 3. The van der Waals surface area contributed by atoms with E-state index in [9.17, 15) is 9.59 Å². The highest BCUT2D eigenvalue weighted by Crippen LogP contribution is 2.09. The molecule has 1 atom stereocenters. The predicted molar refractivity (Wildman–Crippen MR) is 98.4 cm³/mol. The third-order valence-electron chi connectivity index (χ3n) is 4.12. The van der Waals surface area contributed by atoms with Crippen LogP contribution < -0.4 is 16.0 Å². The van der Waals surface area contributed by atoms with Crippen molar-refractivity contribution in [3.63, 3.8) is 0 Å². The maximum atomic E-state index is 11.9. The van der Waals surface area contributed by atoms with Gasteiger partial charge in [-0.25, -0.2) is 0 Å². The highest BCUT2D eigenvalue weighted by atomic mass is 35.5. The Bertz CT molecular complexity index is 514. The van der Waals surface area contributed by atoms with Gasteiger partial charge < -0.3 is 16.0 Å². The molecule has 1 heterocycles. The fourth-order valence-electron chi connectivity index (χ4n) is 2.68. The molecule has 2 rings (SSSR count). The van der Waals surface area contributed by atoms with Crippen LogP contribution in [0.5, 0.6) is 0 Å². The van der Waals surface area contributed by atoms with Gasteiger partial charge in [0.2, 0.25) is 5.91 Å². The Morgan fingerprint density at radius 2 is 1.96 bits per heavy atom. The van der Waals surface area contributed by atoms with E-state index < -0.39 is 0 Å². The maximum absolute atomic E-state index is 11.9. The minimum Gasteiger partial charge on any atom is -0.352 e. The summed E-state index contributed by atoms with van der Waals surface area (Å²) in [5.74, 6) is 0.0344. The third kappa shape index (κ3) is 6.89. The molecule has 3 N–H and O–H groups in total. The van der Waals surface area contributed by atoms with Gasteiger partial charge in [-0.2, -0.15) is 0 Å². The second-order valence-corrected chi connectivity index (χ2v) is 6.08. The van der Waals surface area contributed by atoms with E-state index in [0.717, 1.165) is 37.8 Å². The van der Waals surface area contributed by atoms with Gasteiger partial charge >= 0.3 is 0 Å². The maximum Gasteiger partial charge on any atom is 0.251 e. The molecule has 0 aliphatic carbocycles. The number of hydrogen-bond donors (Lipinski definition) is 3. The summed E-state index contributed by atoms with van der Waals surface area (Å²) in [4.78, 5) is 23.8. The van der Waals surface area contributed by atoms with E-state index >= 15 is 0 Å². The summed E-state index contributed by atoms with van der Waals surface area (Å²) >= 11 is 0. The number of amides is 2. The molecule has 0 spiro atoms. The zero-order valence-electron chi connectivity index (χ0n) is 14.3. The van der Waals surface area contributed by atoms with Crippen LogP contribution in [0.3, 0.4) is 0 Å². The Kier molecular flexibility index (Phi) is 9.42. The Morgan fingerprint density at radius 3 is 2.58 bits per heavy atom. The lowest BCUT2D eigenvalue weighted by atomic mass is 10.1. The van der Waals surface area contributed by atoms with E-state index in [1.165, 1.54) is 0 Å². The van der Waals surface area contributed by atoms with E-state index in [2.05, 4.69) is 22.9 Å². The summed E-state index contributed by atoms with van der Waals surface area (Å²) in [6, 6.07) is 7.72. The lowest BCUT2D eigenvalue weighted by Crippen LogP contribution is -2.31. The molecule has 1 aliphatic rings. The number of benzene rings is 1. The van der Waals surface area contributed by atoms with E-state index in [4.69, 9.17) is 0 Å². The molecule has 0 radical (unpaired) electrons. The first-order chi connectivity index (χ1) is 11.2. The van der Waals surface area contributed by atoms with Crippen molar-refractivity contribution in [1.82, 2.24) is 16.0 Å². The minimum absolute atomic E-state index is 0. The van der Waals surface area contributed by atoms with Gasteiger partial charge in [0, 0.05) is 31.1 Å². The zero-order chi connectivity index (χ0) is 16.5. The van der Waals surface area contributed by atoms with Crippen LogP contribution in [-0.2, 0) is 11.3 Å². The molecule has 134 valence electrons. The lowest BCUT2D eigenvalue weighted by molar-refractivity contribution is -0.121. The second-order valence-electron chi connectivity index (χ2n) is 6.08. The molecule has 6 heteroatoms. The molecule has 24 heavy (non-hydrogen) atoms. The van der Waals surface area contributed by atoms with Gasteiger partial charge in [-0.3, -0.25) is 9.59 Å². The van der Waals surface area contributed by atoms with Crippen molar-refractivity contribution >= 4 is 24.2 Å². The van der Waals surface area contributed by atoms with E-state index in [1.54, 1.807) is 12.1 Å². The summed E-state index contributed by atoms with van der Waals surface area (Å²) < 4.78 is 0. The topological polar surface area (TPSA) is 70.2 Å². The Hall–Kier alpha value is -1.59. The molecule has 1 aliphatic heterocycles. The van der Waals surface area contributed by atoms with Crippen LogP contribution in [-0.4, -0.2) is 30.9 Å². The molecule has 5 nitrogen and oxygen atoms in total. The number of carbonyl (C=O) groups is 2. The molecule has 2 amide bonds. The second kappa shape index (κ2) is 11.0. The first-order valence-corrected chi connectivity index (χ1v) is 8.56. The number of rotatable bonds is 8. The van der Waals surface area contributed by atoms with Gasteiger partial charge in [0.1, 0.15) is 0 Å². The highest BCUT2D eigenvalue weighted by molar-refractivity contribution is 5.94. The van der Waals surface area contributed by atoms with E-state index in [1.807, 2.05) is 12.1 Å². The van der Waals surface area contributed by atoms with Gasteiger partial charge in [-0.15, -0.1) is 12.4 Å². The summed E-state index contributed by atoms with van der Waals surface area (Å²) in [5, 5.41) is 9.15. The Balaban J connectivity index is 0.00000288. The molecule has 0 bridgehead atoms. The first kappa shape index (κ1) is 20.5. The standard InChI is InChI=1S/C18H27N3O2.ClH/c1-2-3-10-20-18(23)15-8-6-14(7-9-15)13-21-17(22)12-16-5-4-11-19-16;/h6-9,16,19H,2-5,10-13H2,1H3,(H,20,23)(H,21,22);1H. The summed E-state index contributed by atoms with van der Waals surface area (Å²) in [6.07, 6.45) is 4.83. The number of hydrogen-bond acceptors (Lipinski definition) is 3. The number of halogens is 1. The molecule has 1 unspecified atom stereocenters. The van der Waals surface area contributed by atoms with Crippen LogP contribution in [0.15, 0.2) is 24.3 Å². The average Bonchev–Trinajstić information content (AvgIpc) is 3.06. The van der Waals surface area contributed by atoms with Crippen LogP contribution in [0.4, 0.5) is 0 Å². The Morgan fingerprint density at radius 1 is 1.21 bits per heavy atom. The summed E-state index contributed by atoms with van der Waals surface area (Å²) in [7, 11) is 0. The average molecular weight is 354 g/mol. The van der Waals surface area contributed by atoms with Gasteiger partial charge in [0.15, 0.2) is 0 Å². The minimum atomic E-state index is -0.0404. The predicted octanol–water partition coefficient (Wildman–Crippen LogP) is 2.40. The molecule has 1 aromatic carbocycles. The van der Waals surface area contributed by atoms with Crippen molar-refractivity contribution in [2.75, 3.05) is 13.1 Å². The number of unbranched alkanes of at least 4 members (excludes halogenated alkanes) is 1. The fourth-order valence-corrected chi connectivity index (χ4v) is 2.68. The van der Waals surface area contributed by atoms with Crippen LogP contribution in [0.2, 0.25) is 0 Å². The van der Waals surface area contributed by atoms with Crippen molar-refractivity contribution in [3.05, 3.63) is 35.4 Å². The molecular formula is C18H28ClN3O2. The molecule has 0 aromatic heterocycles. The van der Waals surface area contributed by atoms with E-state index in [0.29, 0.717) is 31.1 Å². The van der Waals surface area contributed by atoms with Crippen molar-refractivity contribution in [3.8, 4) is 0 Å². The number of carbonyl (C=O) groups excluding carboxylic acids is 2. The smallest absolute Gasteiger partial charge is 0.251 e. The third-order valence-corrected chi connectivity index (χ3v) is 4.12. The van der Waals surface area contributed by atoms with Gasteiger partial charge in [-0.05, 0) is 43.5 Å². The molecule has 0 saturated carbocycles. The molecule has 1 saturated heterocycles. The molecule has 1 aromatic rings. The SMILES string of the molecule is CCCCNC(=O)c1ccc(CNC(=O)CC2CCCN2)cc1.Cl. The van der Waals surface area contributed by atoms with Crippen LogP contribution in [0.1, 0.15) is 54.9 Å². The van der Waals surface area contributed by atoms with E-state index in [-0.39, 0.29) is 24.2 Å². The van der Waals surface area contributed by atoms with Gasteiger partial charge in [0.05, 0.1) is 0 Å². The summed E-state index contributed by atoms with van der Waals surface area (Å²) in [6.45, 7) is 4.32. The monoisotopic (exact) mass is 353 g/mol. The first-order valence-electron chi connectivity index (χ1n) is 8.56. The highest BCUT2D eigenvalue weighted by Gasteiger charge is 2.17. The zero-order valence-corrected chi connectivity index (χ0v) is 15.1. The van der Waals surface area contributed by atoms with Crippen molar-refractivity contribution in [2.45, 2.75) is 51.6 Å². The van der Waals surface area contributed by atoms with Gasteiger partial charge in [-0.1, -0.05) is 25.5 Å². The fraction of sp³-hybridized carbons (Fsp3) is 0.556. The van der Waals surface area contributed by atoms with Crippen LogP contribution in [0.25, 0.3) is 0 Å². The van der Waals surface area contributed by atoms with Gasteiger partial charge in [0.25, 0.3) is 5.91 Å². The van der Waals surface area contributed by atoms with Crippen molar-refractivity contribution < 1.29 is 9.59 Å². The van der Waals surface area contributed by atoms with Crippen molar-refractivity contribution in [2.24, 2.45) is 0 Å². The summed E-state index contributed by atoms with van der Waals surface area (Å²) in [5.41, 5.74) is 1.66. The largest absolute Gasteiger partial charge is 0.352 e. The quantitative estimate of drug-likeness (QED) is 0.628. The Labute approximate surface area is 150 Å². The van der Waals surface area contributed by atoms with Crippen LogP contribution in [0, 0.1) is 0 Å². The molecule has 1 fully saturated rings. The normalized spacial score (nSPS) is 16.3. The lowest BCUT2D eigenvalue weighted by Gasteiger charge is -2.11. The molecular weight excluding hydrogens is 326 g/mol. The van der Waals surface area contributed by atoms with Crippen molar-refractivity contribution in [1.29, 1.82) is 0 Å². The van der Waals surface area contributed by atoms with Crippen LogP contribution >= 0.6 is 12.4 Å².